The van der Waals surface area contributed by atoms with Crippen LogP contribution in [0.5, 0.6) is 0 Å². The number of carboxylic acid groups (broad SMARTS) is 1. The van der Waals surface area contributed by atoms with E-state index in [0.717, 1.165) is 37.8 Å². The molecule has 0 fully saturated rings. The van der Waals surface area contributed by atoms with Gasteiger partial charge >= 0.3 is 11.9 Å². The van der Waals surface area contributed by atoms with Gasteiger partial charge in [0.2, 0.25) is 0 Å². The van der Waals surface area contributed by atoms with Crippen LogP contribution in [0.15, 0.2) is 60.7 Å². The molecule has 0 unspecified atom stereocenters. The van der Waals surface area contributed by atoms with Crippen molar-refractivity contribution in [3.8, 4) is 0 Å². The molecule has 9 heteroatoms. The summed E-state index contributed by atoms with van der Waals surface area (Å²) in [5, 5.41) is 15.8. The molecule has 256 valence electrons. The molecule has 0 aromatic heterocycles. The molecule has 0 saturated carbocycles. The Balaban J connectivity index is 1.53. The molecule has 0 aliphatic carbocycles. The molecule has 47 heavy (non-hydrogen) atoms. The van der Waals surface area contributed by atoms with Crippen LogP contribution >= 0.6 is 0 Å². The molecular formula is C38H52N2O7. The van der Waals surface area contributed by atoms with Crippen molar-refractivity contribution in [2.45, 2.75) is 91.0 Å². The van der Waals surface area contributed by atoms with Gasteiger partial charge in [0, 0.05) is 32.4 Å². The average molecular weight is 649 g/mol. The molecule has 3 aromatic rings. The highest BCUT2D eigenvalue weighted by Gasteiger charge is 2.38. The molecule has 0 spiro atoms. The highest BCUT2D eigenvalue weighted by molar-refractivity contribution is 5.88. The number of likely N-dealkylation sites (N-methyl/N-ethyl adjacent to an activating group) is 1. The first-order valence-electron chi connectivity index (χ1n) is 16.6. The van der Waals surface area contributed by atoms with Crippen LogP contribution in [0.1, 0.15) is 69.6 Å². The first kappa shape index (κ1) is 37.5. The van der Waals surface area contributed by atoms with Gasteiger partial charge in [-0.15, -0.1) is 0 Å². The van der Waals surface area contributed by atoms with Gasteiger partial charge in [0.1, 0.15) is 12.2 Å². The molecule has 0 saturated heterocycles. The summed E-state index contributed by atoms with van der Waals surface area (Å²) in [5.41, 5.74) is 3.98. The number of amides is 1. The largest absolute Gasteiger partial charge is 0.479 e. The van der Waals surface area contributed by atoms with Gasteiger partial charge < -0.3 is 29.5 Å². The van der Waals surface area contributed by atoms with Crippen molar-refractivity contribution < 1.29 is 33.7 Å². The Morgan fingerprint density at radius 2 is 1.57 bits per heavy atom. The zero-order chi connectivity index (χ0) is 34.4. The number of hydrogen-bond acceptors (Lipinski definition) is 7. The average Bonchev–Trinajstić information content (AvgIpc) is 3.01. The SMILES string of the molecule is Cc1ccc(NCCCCO[C@@H](C(=O)N(C)CCCCCc2ccc3ccccc3c2)[C@@H](OCC(=O)OC(C)(C)C)C(=O)O)cc1C. The van der Waals surface area contributed by atoms with E-state index in [1.165, 1.54) is 32.4 Å². The number of fused-ring (bicyclic) bond motifs is 1. The maximum Gasteiger partial charge on any atom is 0.336 e. The van der Waals surface area contributed by atoms with E-state index in [2.05, 4.69) is 61.6 Å². The first-order chi connectivity index (χ1) is 22.3. The minimum Gasteiger partial charge on any atom is -0.479 e. The Morgan fingerprint density at radius 1 is 0.830 bits per heavy atom. The predicted molar refractivity (Wildman–Crippen MR) is 186 cm³/mol. The second kappa shape index (κ2) is 18.4. The van der Waals surface area contributed by atoms with E-state index in [4.69, 9.17) is 14.2 Å². The van der Waals surface area contributed by atoms with E-state index >= 15 is 0 Å². The highest BCUT2D eigenvalue weighted by Crippen LogP contribution is 2.18. The van der Waals surface area contributed by atoms with Crippen LogP contribution in [-0.2, 0) is 35.0 Å². The molecule has 3 aromatic carbocycles. The standard InChI is InChI=1S/C38H52N2O7/c1-27-17-20-32(24-28(27)2)39-21-11-13-23-45-34(35(37(43)44)46-26-33(41)47-38(3,4)5)36(42)40(6)22-12-7-8-14-29-18-19-30-15-9-10-16-31(30)25-29/h9-10,15-20,24-25,34-35,39H,7-8,11-14,21-23,26H2,1-6H3,(H,43,44)/t34-,35-/m1/s1. The van der Waals surface area contributed by atoms with Gasteiger partial charge in [0.15, 0.2) is 12.2 Å². The lowest BCUT2D eigenvalue weighted by molar-refractivity contribution is -0.180. The molecule has 2 atom stereocenters. The molecule has 0 aliphatic rings. The zero-order valence-corrected chi connectivity index (χ0v) is 28.8. The van der Waals surface area contributed by atoms with Gasteiger partial charge in [0.25, 0.3) is 5.91 Å². The van der Waals surface area contributed by atoms with Gasteiger partial charge in [-0.2, -0.15) is 0 Å². The molecule has 0 heterocycles. The van der Waals surface area contributed by atoms with E-state index in [0.29, 0.717) is 19.5 Å². The Bertz CT molecular complexity index is 1470. The number of unbranched alkanes of at least 4 members (excludes halogenated alkanes) is 3. The number of rotatable bonds is 19. The summed E-state index contributed by atoms with van der Waals surface area (Å²) in [6.45, 7) is 9.95. The van der Waals surface area contributed by atoms with Crippen LogP contribution in [0, 0.1) is 13.8 Å². The van der Waals surface area contributed by atoms with Crippen LogP contribution in [0.3, 0.4) is 0 Å². The lowest BCUT2D eigenvalue weighted by Crippen LogP contribution is -2.50. The van der Waals surface area contributed by atoms with Crippen LogP contribution in [0.25, 0.3) is 10.8 Å². The Labute approximate surface area is 279 Å². The third-order valence-corrected chi connectivity index (χ3v) is 7.92. The molecule has 3 rings (SSSR count). The van der Waals surface area contributed by atoms with E-state index in [9.17, 15) is 19.5 Å². The van der Waals surface area contributed by atoms with Crippen molar-refractivity contribution in [3.63, 3.8) is 0 Å². The smallest absolute Gasteiger partial charge is 0.336 e. The summed E-state index contributed by atoms with van der Waals surface area (Å²) in [5.74, 6) is -2.59. The number of aliphatic carboxylic acids is 1. The number of ether oxygens (including phenoxy) is 3. The number of benzene rings is 3. The lowest BCUT2D eigenvalue weighted by atomic mass is 10.0. The van der Waals surface area contributed by atoms with Crippen molar-refractivity contribution in [2.24, 2.45) is 0 Å². The molecule has 0 bridgehead atoms. The lowest BCUT2D eigenvalue weighted by Gasteiger charge is -2.28. The normalized spacial score (nSPS) is 12.8. The number of nitrogens with one attached hydrogen (secondary N) is 1. The van der Waals surface area contributed by atoms with Gasteiger partial charge in [-0.25, -0.2) is 9.59 Å². The summed E-state index contributed by atoms with van der Waals surface area (Å²) in [7, 11) is 1.64. The first-order valence-corrected chi connectivity index (χ1v) is 16.6. The summed E-state index contributed by atoms with van der Waals surface area (Å²) >= 11 is 0. The van der Waals surface area contributed by atoms with Crippen LogP contribution in [0.4, 0.5) is 5.69 Å². The Kier molecular flexibility index (Phi) is 14.7. The molecule has 0 radical (unpaired) electrons. The van der Waals surface area contributed by atoms with Crippen molar-refractivity contribution in [1.29, 1.82) is 0 Å². The van der Waals surface area contributed by atoms with E-state index in [1.807, 2.05) is 18.2 Å². The molecule has 9 nitrogen and oxygen atoms in total. The second-order valence-electron chi connectivity index (χ2n) is 13.1. The van der Waals surface area contributed by atoms with Gasteiger partial charge in [-0.1, -0.05) is 55.0 Å². The minimum atomic E-state index is -1.67. The molecule has 2 N–H and O–H groups in total. The van der Waals surface area contributed by atoms with Crippen LogP contribution in [0.2, 0.25) is 0 Å². The van der Waals surface area contributed by atoms with E-state index in [1.54, 1.807) is 27.8 Å². The maximum atomic E-state index is 13.6. The quantitative estimate of drug-likeness (QED) is 0.109. The number of aryl methyl sites for hydroxylation is 3. The number of carbonyl (C=O) groups is 3. The number of esters is 1. The van der Waals surface area contributed by atoms with Crippen molar-refractivity contribution in [3.05, 3.63) is 77.4 Å². The third-order valence-electron chi connectivity index (χ3n) is 7.92. The summed E-state index contributed by atoms with van der Waals surface area (Å²) in [6, 6.07) is 21.0. The van der Waals surface area contributed by atoms with Gasteiger partial charge in [-0.05, 0) is 106 Å². The number of nitrogens with zero attached hydrogens (tertiary/aromatic N) is 1. The second-order valence-corrected chi connectivity index (χ2v) is 13.1. The van der Waals surface area contributed by atoms with Crippen LogP contribution < -0.4 is 5.32 Å². The third kappa shape index (κ3) is 13.0. The number of carboxylic acids is 1. The van der Waals surface area contributed by atoms with E-state index < -0.39 is 42.3 Å². The summed E-state index contributed by atoms with van der Waals surface area (Å²) in [4.78, 5) is 39.6. The maximum absolute atomic E-state index is 13.6. The van der Waals surface area contributed by atoms with Crippen molar-refractivity contribution in [1.82, 2.24) is 4.90 Å². The fraction of sp³-hybridized carbons (Fsp3) is 0.500. The Hall–Kier alpha value is -3.95. The van der Waals surface area contributed by atoms with Gasteiger partial charge in [0.05, 0.1) is 0 Å². The molecule has 0 aliphatic heterocycles. The fourth-order valence-corrected chi connectivity index (χ4v) is 5.20. The van der Waals surface area contributed by atoms with Crippen molar-refractivity contribution >= 4 is 34.3 Å². The monoisotopic (exact) mass is 648 g/mol. The Morgan fingerprint density at radius 3 is 2.28 bits per heavy atom. The highest BCUT2D eigenvalue weighted by atomic mass is 16.6. The number of hydrogen-bond donors (Lipinski definition) is 2. The topological polar surface area (TPSA) is 114 Å². The van der Waals surface area contributed by atoms with Gasteiger partial charge in [-0.3, -0.25) is 4.79 Å². The fourth-order valence-electron chi connectivity index (χ4n) is 5.20. The molecule has 1 amide bonds. The molecular weight excluding hydrogens is 596 g/mol. The zero-order valence-electron chi connectivity index (χ0n) is 28.8. The van der Waals surface area contributed by atoms with Crippen LogP contribution in [-0.4, -0.2) is 79.0 Å². The predicted octanol–water partition coefficient (Wildman–Crippen LogP) is 6.72. The van der Waals surface area contributed by atoms with E-state index in [-0.39, 0.29) is 6.61 Å². The number of carbonyl (C=O) groups excluding carboxylic acids is 2. The number of anilines is 1. The summed E-state index contributed by atoms with van der Waals surface area (Å²) < 4.78 is 16.6. The van der Waals surface area contributed by atoms with Crippen molar-refractivity contribution in [2.75, 3.05) is 38.7 Å². The minimum absolute atomic E-state index is 0.157. The summed E-state index contributed by atoms with van der Waals surface area (Å²) in [6.07, 6.45) is 1.82.